The molecule has 0 saturated carbocycles. The summed E-state index contributed by atoms with van der Waals surface area (Å²) in [6.07, 6.45) is 3.07. The molecule has 1 aromatic carbocycles. The summed E-state index contributed by atoms with van der Waals surface area (Å²) in [5, 5.41) is 1.90. The Balaban J connectivity index is 1.49. The van der Waals surface area contributed by atoms with Crippen molar-refractivity contribution in [1.29, 1.82) is 0 Å². The van der Waals surface area contributed by atoms with Crippen LogP contribution in [0.3, 0.4) is 0 Å². The summed E-state index contributed by atoms with van der Waals surface area (Å²) in [6.45, 7) is 8.29. The standard InChI is InChI=1S/C22H18N4O2S2/c1-11-13(3)29-21-17(11)19(23-9-25-21)27-15-6-5-7-16(8-15)28-20-18-12(2)14(4)30-22(18)26-10-24-20/h5-10H,1-4H3. The first kappa shape index (κ1) is 18.9. The molecule has 0 aliphatic heterocycles. The number of nitrogens with zero attached hydrogens (tertiary/aromatic N) is 4. The number of fused-ring (bicyclic) bond motifs is 2. The first-order chi connectivity index (χ1) is 14.5. The largest absolute Gasteiger partial charge is 0.438 e. The van der Waals surface area contributed by atoms with Gasteiger partial charge < -0.3 is 9.47 Å². The molecule has 150 valence electrons. The van der Waals surface area contributed by atoms with Gasteiger partial charge in [-0.25, -0.2) is 19.9 Å². The van der Waals surface area contributed by atoms with Crippen molar-refractivity contribution in [1.82, 2.24) is 19.9 Å². The normalized spacial score (nSPS) is 11.3. The fourth-order valence-electron chi connectivity index (χ4n) is 3.28. The van der Waals surface area contributed by atoms with Gasteiger partial charge in [0.05, 0.1) is 10.8 Å². The quantitative estimate of drug-likeness (QED) is 0.321. The van der Waals surface area contributed by atoms with E-state index in [0.29, 0.717) is 23.3 Å². The zero-order valence-electron chi connectivity index (χ0n) is 16.9. The van der Waals surface area contributed by atoms with E-state index in [9.17, 15) is 0 Å². The number of hydrogen-bond donors (Lipinski definition) is 0. The minimum Gasteiger partial charge on any atom is -0.438 e. The lowest BCUT2D eigenvalue weighted by molar-refractivity contribution is 0.447. The molecule has 8 heteroatoms. The van der Waals surface area contributed by atoms with E-state index in [1.54, 1.807) is 22.7 Å². The average molecular weight is 435 g/mol. The van der Waals surface area contributed by atoms with E-state index in [1.807, 2.05) is 24.3 Å². The summed E-state index contributed by atoms with van der Waals surface area (Å²) in [7, 11) is 0. The molecule has 0 amide bonds. The van der Waals surface area contributed by atoms with Crippen molar-refractivity contribution >= 4 is 43.1 Å². The van der Waals surface area contributed by atoms with Crippen LogP contribution in [0, 0.1) is 27.7 Å². The summed E-state index contributed by atoms with van der Waals surface area (Å²) in [5.41, 5.74) is 2.29. The maximum atomic E-state index is 6.12. The Morgan fingerprint density at radius 1 is 0.667 bits per heavy atom. The summed E-state index contributed by atoms with van der Waals surface area (Å²) in [6, 6.07) is 7.49. The molecule has 0 aliphatic carbocycles. The fraction of sp³-hybridized carbons (Fsp3) is 0.182. The highest BCUT2D eigenvalue weighted by molar-refractivity contribution is 7.19. The summed E-state index contributed by atoms with van der Waals surface area (Å²) in [4.78, 5) is 21.7. The molecule has 4 aromatic heterocycles. The van der Waals surface area contributed by atoms with E-state index in [2.05, 4.69) is 47.6 Å². The third-order valence-electron chi connectivity index (χ3n) is 5.10. The van der Waals surface area contributed by atoms with E-state index >= 15 is 0 Å². The zero-order valence-corrected chi connectivity index (χ0v) is 18.5. The first-order valence-corrected chi connectivity index (χ1v) is 11.0. The second kappa shape index (κ2) is 7.30. The van der Waals surface area contributed by atoms with Crippen molar-refractivity contribution in [3.05, 3.63) is 57.8 Å². The van der Waals surface area contributed by atoms with Crippen LogP contribution < -0.4 is 9.47 Å². The van der Waals surface area contributed by atoms with Gasteiger partial charge in [0.15, 0.2) is 0 Å². The molecule has 0 fully saturated rings. The second-order valence-corrected chi connectivity index (χ2v) is 9.37. The van der Waals surface area contributed by atoms with Crippen molar-refractivity contribution in [2.24, 2.45) is 0 Å². The molecular formula is C22H18N4O2S2. The SMILES string of the molecule is Cc1sc2ncnc(Oc3cccc(Oc4ncnc5sc(C)c(C)c45)c3)c2c1C. The monoisotopic (exact) mass is 434 g/mol. The first-order valence-electron chi connectivity index (χ1n) is 9.38. The van der Waals surface area contributed by atoms with E-state index < -0.39 is 0 Å². The highest BCUT2D eigenvalue weighted by Gasteiger charge is 2.16. The molecule has 0 N–H and O–H groups in total. The molecule has 5 rings (SSSR count). The Hall–Kier alpha value is -3.10. The van der Waals surface area contributed by atoms with Gasteiger partial charge in [-0.3, -0.25) is 0 Å². The van der Waals surface area contributed by atoms with Gasteiger partial charge in [-0.05, 0) is 51.0 Å². The zero-order chi connectivity index (χ0) is 20.8. The average Bonchev–Trinajstić information content (AvgIpc) is 3.19. The number of ether oxygens (including phenoxy) is 2. The van der Waals surface area contributed by atoms with Crippen LogP contribution in [0.1, 0.15) is 20.9 Å². The van der Waals surface area contributed by atoms with Gasteiger partial charge >= 0.3 is 0 Å². The Kier molecular flexibility index (Phi) is 4.60. The van der Waals surface area contributed by atoms with Crippen LogP contribution >= 0.6 is 22.7 Å². The fourth-order valence-corrected chi connectivity index (χ4v) is 5.25. The Bertz CT molecular complexity index is 1300. The number of aromatic nitrogens is 4. The molecule has 0 radical (unpaired) electrons. The highest BCUT2D eigenvalue weighted by atomic mass is 32.1. The van der Waals surface area contributed by atoms with Gasteiger partial charge in [-0.15, -0.1) is 22.7 Å². The number of rotatable bonds is 4. The van der Waals surface area contributed by atoms with Crippen LogP contribution in [-0.2, 0) is 0 Å². The maximum Gasteiger partial charge on any atom is 0.231 e. The minimum absolute atomic E-state index is 0.549. The number of thiophene rings is 2. The topological polar surface area (TPSA) is 70.0 Å². The van der Waals surface area contributed by atoms with E-state index in [4.69, 9.17) is 9.47 Å². The summed E-state index contributed by atoms with van der Waals surface area (Å²) < 4.78 is 12.2. The minimum atomic E-state index is 0.549. The van der Waals surface area contributed by atoms with E-state index in [1.165, 1.54) is 22.4 Å². The molecule has 0 unspecified atom stereocenters. The van der Waals surface area contributed by atoms with Crippen LogP contribution in [0.15, 0.2) is 36.9 Å². The van der Waals surface area contributed by atoms with Crippen molar-refractivity contribution in [2.75, 3.05) is 0 Å². The number of hydrogen-bond acceptors (Lipinski definition) is 8. The van der Waals surface area contributed by atoms with Gasteiger partial charge in [-0.1, -0.05) is 6.07 Å². The lowest BCUT2D eigenvalue weighted by Crippen LogP contribution is -1.93. The van der Waals surface area contributed by atoms with Crippen molar-refractivity contribution in [3.8, 4) is 23.3 Å². The van der Waals surface area contributed by atoms with Crippen molar-refractivity contribution in [2.45, 2.75) is 27.7 Å². The van der Waals surface area contributed by atoms with Gasteiger partial charge in [0.1, 0.15) is 33.8 Å². The van der Waals surface area contributed by atoms with Gasteiger partial charge in [0.25, 0.3) is 0 Å². The highest BCUT2D eigenvalue weighted by Crippen LogP contribution is 2.38. The van der Waals surface area contributed by atoms with Crippen LogP contribution in [-0.4, -0.2) is 19.9 Å². The van der Waals surface area contributed by atoms with E-state index in [-0.39, 0.29) is 0 Å². The van der Waals surface area contributed by atoms with Gasteiger partial charge in [-0.2, -0.15) is 0 Å². The third kappa shape index (κ3) is 3.18. The molecule has 6 nitrogen and oxygen atoms in total. The molecule has 0 saturated heterocycles. The van der Waals surface area contributed by atoms with Crippen molar-refractivity contribution < 1.29 is 9.47 Å². The summed E-state index contributed by atoms with van der Waals surface area (Å²) in [5.74, 6) is 2.37. The molecular weight excluding hydrogens is 416 g/mol. The van der Waals surface area contributed by atoms with E-state index in [0.717, 1.165) is 31.6 Å². The maximum absolute atomic E-state index is 6.12. The van der Waals surface area contributed by atoms with Crippen LogP contribution in [0.5, 0.6) is 23.3 Å². The smallest absolute Gasteiger partial charge is 0.231 e. The van der Waals surface area contributed by atoms with Crippen LogP contribution in [0.2, 0.25) is 0 Å². The molecule has 0 bridgehead atoms. The molecule has 0 atom stereocenters. The predicted molar refractivity (Wildman–Crippen MR) is 120 cm³/mol. The Labute approximate surface area is 181 Å². The Morgan fingerprint density at radius 2 is 1.13 bits per heavy atom. The molecule has 5 aromatic rings. The number of aryl methyl sites for hydroxylation is 4. The lowest BCUT2D eigenvalue weighted by Gasteiger charge is -2.10. The van der Waals surface area contributed by atoms with Crippen LogP contribution in [0.25, 0.3) is 20.4 Å². The third-order valence-corrected chi connectivity index (χ3v) is 7.33. The molecule has 30 heavy (non-hydrogen) atoms. The molecule has 0 aliphatic rings. The molecule has 4 heterocycles. The second-order valence-electron chi connectivity index (χ2n) is 6.96. The molecule has 0 spiro atoms. The lowest BCUT2D eigenvalue weighted by atomic mass is 10.2. The summed E-state index contributed by atoms with van der Waals surface area (Å²) >= 11 is 3.29. The number of benzene rings is 1. The van der Waals surface area contributed by atoms with Gasteiger partial charge in [0.2, 0.25) is 11.8 Å². The van der Waals surface area contributed by atoms with Crippen molar-refractivity contribution in [3.63, 3.8) is 0 Å². The van der Waals surface area contributed by atoms with Gasteiger partial charge in [0, 0.05) is 15.8 Å². The van der Waals surface area contributed by atoms with Crippen LogP contribution in [0.4, 0.5) is 0 Å². The predicted octanol–water partition coefficient (Wildman–Crippen LogP) is 6.51. The Morgan fingerprint density at radius 3 is 1.60 bits per heavy atom.